The van der Waals surface area contributed by atoms with Gasteiger partial charge < -0.3 is 4.90 Å². The number of amides is 2. The van der Waals surface area contributed by atoms with E-state index < -0.39 is 35.7 Å². The van der Waals surface area contributed by atoms with Crippen molar-refractivity contribution in [3.8, 4) is 0 Å². The minimum atomic E-state index is -0.947. The molecule has 7 rings (SSSR count). The standard InChI is InChI=1S/C27H18ClN5O3/c28-16-7-5-8-17(14-16)31-25(34)22-21-13-12-15-6-1-3-10-19(15)32(21)24(23(22)26(31)35)27(36)33-20-11-4-2-9-18(20)29-30-33/h1-14,21-24H/t21-,22-,23-,24-/m0/s1. The Morgan fingerprint density at radius 2 is 1.67 bits per heavy atom. The van der Waals surface area contributed by atoms with Gasteiger partial charge in [0.05, 0.1) is 29.1 Å². The minimum Gasteiger partial charge on any atom is -0.351 e. The zero-order chi connectivity index (χ0) is 24.6. The van der Waals surface area contributed by atoms with E-state index in [-0.39, 0.29) is 5.91 Å². The van der Waals surface area contributed by atoms with E-state index in [0.717, 1.165) is 11.3 Å². The van der Waals surface area contributed by atoms with Crippen molar-refractivity contribution in [1.82, 2.24) is 15.0 Å². The van der Waals surface area contributed by atoms with Crippen LogP contribution in [0.1, 0.15) is 10.4 Å². The predicted molar refractivity (Wildman–Crippen MR) is 135 cm³/mol. The van der Waals surface area contributed by atoms with Gasteiger partial charge in [0.2, 0.25) is 11.8 Å². The smallest absolute Gasteiger partial charge is 0.272 e. The number of carbonyl (C=O) groups is 3. The summed E-state index contributed by atoms with van der Waals surface area (Å²) in [4.78, 5) is 45.0. The van der Waals surface area contributed by atoms with Crippen LogP contribution < -0.4 is 9.80 Å². The van der Waals surface area contributed by atoms with Crippen LogP contribution in [0, 0.1) is 11.8 Å². The Morgan fingerprint density at radius 1 is 0.889 bits per heavy atom. The summed E-state index contributed by atoms with van der Waals surface area (Å²) in [5.41, 5.74) is 3.24. The van der Waals surface area contributed by atoms with Crippen LogP contribution in [0.2, 0.25) is 5.02 Å². The van der Waals surface area contributed by atoms with Crippen molar-refractivity contribution in [1.29, 1.82) is 0 Å². The summed E-state index contributed by atoms with van der Waals surface area (Å²) >= 11 is 6.17. The van der Waals surface area contributed by atoms with Gasteiger partial charge in [0.1, 0.15) is 11.6 Å². The maximum Gasteiger partial charge on any atom is 0.272 e. The molecular weight excluding hydrogens is 478 g/mol. The van der Waals surface area contributed by atoms with Crippen LogP contribution in [0.5, 0.6) is 0 Å². The SMILES string of the molecule is O=C1[C@@H]2[C@H](C(=O)N1c1cccc(Cl)c1)[C@@H](C(=O)n1nnc3ccccc31)N1c3ccccc3C=C[C@@H]21. The Bertz CT molecular complexity index is 1630. The van der Waals surface area contributed by atoms with Gasteiger partial charge in [0, 0.05) is 10.7 Å². The summed E-state index contributed by atoms with van der Waals surface area (Å²) < 4.78 is 1.25. The van der Waals surface area contributed by atoms with Gasteiger partial charge in [-0.3, -0.25) is 14.4 Å². The van der Waals surface area contributed by atoms with Gasteiger partial charge in [0.15, 0.2) is 0 Å². The molecule has 1 aromatic heterocycles. The quantitative estimate of drug-likeness (QED) is 0.393. The number of carbonyl (C=O) groups excluding carboxylic acids is 3. The highest BCUT2D eigenvalue weighted by Crippen LogP contribution is 2.49. The van der Waals surface area contributed by atoms with Crippen molar-refractivity contribution in [3.63, 3.8) is 0 Å². The predicted octanol–water partition coefficient (Wildman–Crippen LogP) is 3.81. The van der Waals surface area contributed by atoms with E-state index in [4.69, 9.17) is 11.6 Å². The molecule has 0 spiro atoms. The molecule has 4 aromatic rings. The number of benzene rings is 3. The number of aromatic nitrogens is 3. The van der Waals surface area contributed by atoms with Gasteiger partial charge in [-0.05, 0) is 42.0 Å². The third kappa shape index (κ3) is 2.79. The van der Waals surface area contributed by atoms with Crippen LogP contribution in [-0.2, 0) is 9.59 Å². The first-order valence-corrected chi connectivity index (χ1v) is 12.0. The highest BCUT2D eigenvalue weighted by atomic mass is 35.5. The van der Waals surface area contributed by atoms with Gasteiger partial charge in [-0.1, -0.05) is 65.4 Å². The number of hydrogen-bond acceptors (Lipinski definition) is 6. The molecule has 0 bridgehead atoms. The average molecular weight is 496 g/mol. The lowest BCUT2D eigenvalue weighted by Crippen LogP contribution is -2.50. The van der Waals surface area contributed by atoms with E-state index >= 15 is 0 Å². The molecule has 0 N–H and O–H groups in total. The van der Waals surface area contributed by atoms with E-state index in [1.807, 2.05) is 47.4 Å². The Hall–Kier alpha value is -4.30. The van der Waals surface area contributed by atoms with Crippen molar-refractivity contribution >= 4 is 57.8 Å². The highest BCUT2D eigenvalue weighted by molar-refractivity contribution is 6.31. The Labute approximate surface area is 210 Å². The monoisotopic (exact) mass is 495 g/mol. The van der Waals surface area contributed by atoms with Gasteiger partial charge in [0.25, 0.3) is 5.91 Å². The molecule has 3 aromatic carbocycles. The van der Waals surface area contributed by atoms with E-state index in [9.17, 15) is 14.4 Å². The first kappa shape index (κ1) is 21.0. The summed E-state index contributed by atoms with van der Waals surface area (Å²) in [7, 11) is 0. The molecule has 8 nitrogen and oxygen atoms in total. The molecule has 3 aliphatic heterocycles. The fraction of sp³-hybridized carbons (Fsp3) is 0.148. The summed E-state index contributed by atoms with van der Waals surface area (Å²) in [6.07, 6.45) is 3.87. The lowest BCUT2D eigenvalue weighted by atomic mass is 9.88. The second-order valence-electron chi connectivity index (χ2n) is 9.13. The summed E-state index contributed by atoms with van der Waals surface area (Å²) in [5, 5.41) is 8.68. The van der Waals surface area contributed by atoms with Crippen LogP contribution >= 0.6 is 11.6 Å². The molecule has 0 unspecified atom stereocenters. The topological polar surface area (TPSA) is 88.4 Å². The molecule has 9 heteroatoms. The van der Waals surface area contributed by atoms with Crippen LogP contribution in [0.15, 0.2) is 78.9 Å². The average Bonchev–Trinajstić information content (AvgIpc) is 3.55. The number of hydrogen-bond donors (Lipinski definition) is 0. The fourth-order valence-corrected chi connectivity index (χ4v) is 6.01. The normalized spacial score (nSPS) is 24.2. The zero-order valence-corrected chi connectivity index (χ0v) is 19.5. The number of anilines is 2. The van der Waals surface area contributed by atoms with Gasteiger partial charge in [-0.15, -0.1) is 5.10 Å². The van der Waals surface area contributed by atoms with E-state index in [0.29, 0.717) is 21.7 Å². The number of para-hydroxylation sites is 2. The van der Waals surface area contributed by atoms with Crippen molar-refractivity contribution in [2.45, 2.75) is 12.1 Å². The van der Waals surface area contributed by atoms with Crippen LogP contribution in [0.4, 0.5) is 11.4 Å². The molecule has 0 radical (unpaired) electrons. The largest absolute Gasteiger partial charge is 0.351 e. The molecule has 2 amide bonds. The third-order valence-electron chi connectivity index (χ3n) is 7.29. The molecule has 0 aliphatic carbocycles. The van der Waals surface area contributed by atoms with Gasteiger partial charge in [-0.25, -0.2) is 4.90 Å². The zero-order valence-electron chi connectivity index (χ0n) is 18.7. The maximum atomic E-state index is 14.2. The third-order valence-corrected chi connectivity index (χ3v) is 7.53. The Balaban J connectivity index is 1.40. The van der Waals surface area contributed by atoms with Crippen LogP contribution in [-0.4, -0.2) is 44.8 Å². The first-order valence-electron chi connectivity index (χ1n) is 11.6. The number of halogens is 1. The number of imide groups is 1. The number of rotatable bonds is 2. The van der Waals surface area contributed by atoms with Crippen LogP contribution in [0.3, 0.4) is 0 Å². The van der Waals surface area contributed by atoms with E-state index in [2.05, 4.69) is 10.3 Å². The summed E-state index contributed by atoms with van der Waals surface area (Å²) in [6, 6.07) is 20.1. The van der Waals surface area contributed by atoms with E-state index in [1.165, 1.54) is 9.58 Å². The van der Waals surface area contributed by atoms with E-state index in [1.54, 1.807) is 42.5 Å². The molecule has 0 saturated carbocycles. The first-order chi connectivity index (χ1) is 17.5. The second-order valence-corrected chi connectivity index (χ2v) is 9.57. The van der Waals surface area contributed by atoms with Gasteiger partial charge >= 0.3 is 0 Å². The number of fused-ring (bicyclic) bond motifs is 6. The lowest BCUT2D eigenvalue weighted by Gasteiger charge is -2.36. The lowest BCUT2D eigenvalue weighted by molar-refractivity contribution is -0.122. The second kappa shape index (κ2) is 7.60. The van der Waals surface area contributed by atoms with Crippen molar-refractivity contribution in [2.24, 2.45) is 11.8 Å². The van der Waals surface area contributed by atoms with Gasteiger partial charge in [-0.2, -0.15) is 4.68 Å². The van der Waals surface area contributed by atoms with Crippen LogP contribution in [0.25, 0.3) is 17.1 Å². The summed E-state index contributed by atoms with van der Waals surface area (Å²) in [6.45, 7) is 0. The molecule has 2 saturated heterocycles. The van der Waals surface area contributed by atoms with Crippen molar-refractivity contribution in [3.05, 3.63) is 89.5 Å². The van der Waals surface area contributed by atoms with Crippen molar-refractivity contribution in [2.75, 3.05) is 9.80 Å². The highest BCUT2D eigenvalue weighted by Gasteiger charge is 2.64. The Kier molecular flexibility index (Phi) is 4.44. The molecular formula is C27H18ClN5O3. The minimum absolute atomic E-state index is 0.343. The molecule has 4 heterocycles. The molecule has 176 valence electrons. The molecule has 2 fully saturated rings. The number of nitrogens with zero attached hydrogens (tertiary/aromatic N) is 5. The fourth-order valence-electron chi connectivity index (χ4n) is 5.82. The molecule has 36 heavy (non-hydrogen) atoms. The Morgan fingerprint density at radius 3 is 2.53 bits per heavy atom. The maximum absolute atomic E-state index is 14.2. The molecule has 3 aliphatic rings. The molecule has 4 atom stereocenters. The van der Waals surface area contributed by atoms with Crippen molar-refractivity contribution < 1.29 is 14.4 Å². The summed E-state index contributed by atoms with van der Waals surface area (Å²) in [5.74, 6) is -2.79.